The largest absolute Gasteiger partial charge is 0.478 e. The number of carbonyl (C=O) groups is 2. The minimum absolute atomic E-state index is 0.0530. The minimum Gasteiger partial charge on any atom is -0.478 e. The van der Waals surface area contributed by atoms with E-state index in [1.807, 2.05) is 0 Å². The summed E-state index contributed by atoms with van der Waals surface area (Å²) in [4.78, 5) is 25.3. The number of hydrogen-bond acceptors (Lipinski definition) is 4. The quantitative estimate of drug-likeness (QED) is 0.834. The summed E-state index contributed by atoms with van der Waals surface area (Å²) in [5.41, 5.74) is 0.0692. The lowest BCUT2D eigenvalue weighted by Crippen LogP contribution is -2.30. The second-order valence-corrected chi connectivity index (χ2v) is 6.32. The van der Waals surface area contributed by atoms with Gasteiger partial charge in [-0.25, -0.2) is 4.79 Å². The molecule has 0 aromatic carbocycles. The van der Waals surface area contributed by atoms with Gasteiger partial charge in [-0.15, -0.1) is 0 Å². The Bertz CT molecular complexity index is 563. The van der Waals surface area contributed by atoms with Crippen molar-refractivity contribution in [3.05, 3.63) is 23.2 Å². The molecule has 1 aliphatic heterocycles. The first-order valence-electron chi connectivity index (χ1n) is 8.19. The molecule has 2 rings (SSSR count). The van der Waals surface area contributed by atoms with Crippen LogP contribution in [0.5, 0.6) is 0 Å². The molecule has 1 aromatic heterocycles. The highest BCUT2D eigenvalue weighted by atomic mass is 16.5. The van der Waals surface area contributed by atoms with Gasteiger partial charge in [-0.1, -0.05) is 20.8 Å². The third kappa shape index (κ3) is 4.34. The first kappa shape index (κ1) is 17.5. The average molecular weight is 323 g/mol. The van der Waals surface area contributed by atoms with Gasteiger partial charge in [-0.2, -0.15) is 0 Å². The summed E-state index contributed by atoms with van der Waals surface area (Å²) < 4.78 is 11.2. The third-order valence-electron chi connectivity index (χ3n) is 4.05. The molecular weight excluding hydrogens is 298 g/mol. The van der Waals surface area contributed by atoms with Crippen molar-refractivity contribution in [2.24, 2.45) is 5.92 Å². The van der Waals surface area contributed by atoms with Crippen molar-refractivity contribution in [1.82, 2.24) is 4.90 Å². The van der Waals surface area contributed by atoms with E-state index < -0.39 is 5.97 Å². The van der Waals surface area contributed by atoms with Crippen LogP contribution in [0, 0.1) is 5.92 Å². The smallest absolute Gasteiger partial charge is 0.339 e. The molecular formula is C17H25NO5. The summed E-state index contributed by atoms with van der Waals surface area (Å²) in [6.45, 7) is 7.94. The molecule has 1 aliphatic rings. The Hall–Kier alpha value is -1.82. The Morgan fingerprint density at radius 2 is 2.22 bits per heavy atom. The summed E-state index contributed by atoms with van der Waals surface area (Å²) in [6.07, 6.45) is 2.30. The van der Waals surface area contributed by atoms with Gasteiger partial charge >= 0.3 is 5.97 Å². The molecule has 1 aromatic rings. The number of amides is 1. The highest BCUT2D eigenvalue weighted by molar-refractivity contribution is 5.96. The van der Waals surface area contributed by atoms with E-state index in [4.69, 9.17) is 14.3 Å². The fraction of sp³-hybridized carbons (Fsp3) is 0.647. The van der Waals surface area contributed by atoms with Crippen molar-refractivity contribution in [3.63, 3.8) is 0 Å². The van der Waals surface area contributed by atoms with Crippen LogP contribution in [0.4, 0.5) is 0 Å². The highest BCUT2D eigenvalue weighted by Crippen LogP contribution is 2.21. The molecule has 1 N–H and O–H groups in total. The number of ether oxygens (including phenoxy) is 1. The van der Waals surface area contributed by atoms with Crippen LogP contribution in [0.3, 0.4) is 0 Å². The number of aromatic carboxylic acids is 1. The predicted octanol–water partition coefficient (Wildman–Crippen LogP) is 2.82. The molecule has 0 bridgehead atoms. The zero-order valence-electron chi connectivity index (χ0n) is 14.0. The zero-order valence-corrected chi connectivity index (χ0v) is 14.0. The van der Waals surface area contributed by atoms with Crippen molar-refractivity contribution in [1.29, 1.82) is 0 Å². The summed E-state index contributed by atoms with van der Waals surface area (Å²) in [5, 5.41) is 9.14. The number of rotatable bonds is 7. The normalized spacial score (nSPS) is 17.9. The van der Waals surface area contributed by atoms with Crippen LogP contribution in [0.15, 0.2) is 10.5 Å². The standard InChI is InChI=1S/C17H25NO5/c1-4-14-13(17(20)21)9-15(23-14)16(19)18-7-5-12(10-18)22-8-6-11(2)3/h9,11-12H,4-8,10H2,1-3H3,(H,20,21). The van der Waals surface area contributed by atoms with Gasteiger partial charge in [-0.3, -0.25) is 4.79 Å². The number of hydrogen-bond donors (Lipinski definition) is 1. The van der Waals surface area contributed by atoms with Crippen molar-refractivity contribution in [3.8, 4) is 0 Å². The lowest BCUT2D eigenvalue weighted by Gasteiger charge is -2.16. The minimum atomic E-state index is -1.07. The van der Waals surface area contributed by atoms with E-state index in [2.05, 4.69) is 13.8 Å². The first-order chi connectivity index (χ1) is 10.9. The number of aryl methyl sites for hydroxylation is 1. The van der Waals surface area contributed by atoms with Gasteiger partial charge in [0.15, 0.2) is 5.76 Å². The fourth-order valence-electron chi connectivity index (χ4n) is 2.65. The molecule has 0 saturated carbocycles. The monoisotopic (exact) mass is 323 g/mol. The molecule has 1 unspecified atom stereocenters. The molecule has 0 radical (unpaired) electrons. The van der Waals surface area contributed by atoms with Gasteiger partial charge in [0.05, 0.1) is 6.10 Å². The maximum absolute atomic E-state index is 12.5. The Morgan fingerprint density at radius 1 is 1.48 bits per heavy atom. The van der Waals surface area contributed by atoms with Crippen LogP contribution in [0.25, 0.3) is 0 Å². The summed E-state index contributed by atoms with van der Waals surface area (Å²) in [5.74, 6) is -0.297. The third-order valence-corrected chi connectivity index (χ3v) is 4.05. The second-order valence-electron chi connectivity index (χ2n) is 6.32. The van der Waals surface area contributed by atoms with E-state index in [0.717, 1.165) is 12.8 Å². The SMILES string of the molecule is CCc1oc(C(=O)N2CCC(OCCC(C)C)C2)cc1C(=O)O. The Labute approximate surface area is 136 Å². The summed E-state index contributed by atoms with van der Waals surface area (Å²) in [6, 6.07) is 1.33. The van der Waals surface area contributed by atoms with Gasteiger partial charge in [0, 0.05) is 32.2 Å². The van der Waals surface area contributed by atoms with Crippen molar-refractivity contribution >= 4 is 11.9 Å². The van der Waals surface area contributed by atoms with E-state index in [-0.39, 0.29) is 23.3 Å². The molecule has 0 spiro atoms. The van der Waals surface area contributed by atoms with Crippen molar-refractivity contribution in [2.75, 3.05) is 19.7 Å². The zero-order chi connectivity index (χ0) is 17.0. The molecule has 6 heteroatoms. The van der Waals surface area contributed by atoms with E-state index in [9.17, 15) is 9.59 Å². The van der Waals surface area contributed by atoms with Crippen LogP contribution in [-0.4, -0.2) is 47.7 Å². The van der Waals surface area contributed by atoms with E-state index >= 15 is 0 Å². The number of carboxylic acids is 1. The average Bonchev–Trinajstić information content (AvgIpc) is 3.12. The van der Waals surface area contributed by atoms with Crippen LogP contribution in [0.2, 0.25) is 0 Å². The van der Waals surface area contributed by atoms with Crippen LogP contribution in [-0.2, 0) is 11.2 Å². The van der Waals surface area contributed by atoms with Gasteiger partial charge in [-0.05, 0) is 18.8 Å². The number of nitrogens with zero attached hydrogens (tertiary/aromatic N) is 1. The van der Waals surface area contributed by atoms with Crippen molar-refractivity contribution < 1.29 is 23.8 Å². The van der Waals surface area contributed by atoms with Crippen LogP contribution < -0.4 is 0 Å². The lowest BCUT2D eigenvalue weighted by atomic mass is 10.1. The molecule has 2 heterocycles. The molecule has 1 fully saturated rings. The Balaban J connectivity index is 1.95. The van der Waals surface area contributed by atoms with Gasteiger partial charge in [0.1, 0.15) is 11.3 Å². The van der Waals surface area contributed by atoms with Crippen molar-refractivity contribution in [2.45, 2.75) is 46.1 Å². The number of carbonyl (C=O) groups excluding carboxylic acids is 1. The number of carboxylic acid groups (broad SMARTS) is 1. The molecule has 128 valence electrons. The van der Waals surface area contributed by atoms with Crippen LogP contribution in [0.1, 0.15) is 60.3 Å². The van der Waals surface area contributed by atoms with E-state index in [1.165, 1.54) is 6.07 Å². The maximum atomic E-state index is 12.5. The molecule has 23 heavy (non-hydrogen) atoms. The van der Waals surface area contributed by atoms with Gasteiger partial charge in [0.25, 0.3) is 5.91 Å². The highest BCUT2D eigenvalue weighted by Gasteiger charge is 2.30. The van der Waals surface area contributed by atoms with E-state index in [1.54, 1.807) is 11.8 Å². The van der Waals surface area contributed by atoms with Crippen LogP contribution >= 0.6 is 0 Å². The molecule has 6 nitrogen and oxygen atoms in total. The number of likely N-dealkylation sites (tertiary alicyclic amines) is 1. The molecule has 1 amide bonds. The number of furan rings is 1. The maximum Gasteiger partial charge on any atom is 0.339 e. The Kier molecular flexibility index (Phi) is 5.82. The Morgan fingerprint density at radius 3 is 2.78 bits per heavy atom. The predicted molar refractivity (Wildman–Crippen MR) is 84.8 cm³/mol. The first-order valence-corrected chi connectivity index (χ1v) is 8.19. The fourth-order valence-corrected chi connectivity index (χ4v) is 2.65. The molecule has 1 atom stereocenters. The van der Waals surface area contributed by atoms with Gasteiger partial charge < -0.3 is 19.2 Å². The van der Waals surface area contributed by atoms with Gasteiger partial charge in [0.2, 0.25) is 0 Å². The summed E-state index contributed by atoms with van der Waals surface area (Å²) in [7, 11) is 0. The summed E-state index contributed by atoms with van der Waals surface area (Å²) >= 11 is 0. The topological polar surface area (TPSA) is 80.0 Å². The van der Waals surface area contributed by atoms with E-state index in [0.29, 0.717) is 37.8 Å². The lowest BCUT2D eigenvalue weighted by molar-refractivity contribution is 0.0475. The second kappa shape index (κ2) is 7.64. The molecule has 1 saturated heterocycles. The molecule has 0 aliphatic carbocycles.